The fourth-order valence-corrected chi connectivity index (χ4v) is 4.22. The molecule has 4 aromatic rings. The molecule has 0 radical (unpaired) electrons. The lowest BCUT2D eigenvalue weighted by Gasteiger charge is -2.10. The molecule has 1 heterocycles. The second-order valence-corrected chi connectivity index (χ2v) is 9.78. The van der Waals surface area contributed by atoms with Gasteiger partial charge in [-0.15, -0.1) is 5.10 Å². The van der Waals surface area contributed by atoms with E-state index in [4.69, 9.17) is 9.15 Å². The number of nitrogens with zero attached hydrogens (tertiary/aromatic N) is 1. The molecule has 0 saturated heterocycles. The van der Waals surface area contributed by atoms with Gasteiger partial charge < -0.3 is 14.5 Å². The Hall–Kier alpha value is -4.11. The first-order valence-electron chi connectivity index (χ1n) is 10.8. The van der Waals surface area contributed by atoms with E-state index in [2.05, 4.69) is 15.2 Å². The van der Waals surface area contributed by atoms with Gasteiger partial charge in [0.15, 0.2) is 11.3 Å². The van der Waals surface area contributed by atoms with E-state index < -0.39 is 15.9 Å². The average molecular weight is 492 g/mol. The van der Waals surface area contributed by atoms with Gasteiger partial charge in [0.2, 0.25) is 5.55 Å². The fourth-order valence-electron chi connectivity index (χ4n) is 3.42. The molecule has 9 heteroatoms. The summed E-state index contributed by atoms with van der Waals surface area (Å²) in [7, 11) is -2.51. The molecule has 0 aliphatic carbocycles. The van der Waals surface area contributed by atoms with Crippen molar-refractivity contribution in [3.63, 3.8) is 0 Å². The summed E-state index contributed by atoms with van der Waals surface area (Å²) in [6, 6.07) is 18.7. The minimum absolute atomic E-state index is 0.0337. The Morgan fingerprint density at radius 2 is 1.69 bits per heavy atom. The van der Waals surface area contributed by atoms with Crippen molar-refractivity contribution in [2.45, 2.75) is 25.7 Å². The van der Waals surface area contributed by atoms with E-state index in [1.165, 1.54) is 19.2 Å². The van der Waals surface area contributed by atoms with E-state index in [1.807, 2.05) is 32.9 Å². The lowest BCUT2D eigenvalue weighted by atomic mass is 10.1. The minimum Gasteiger partial charge on any atom is -0.493 e. The number of ether oxygens (including phenoxy) is 1. The van der Waals surface area contributed by atoms with Crippen LogP contribution in [0.25, 0.3) is 11.0 Å². The first-order chi connectivity index (χ1) is 16.7. The summed E-state index contributed by atoms with van der Waals surface area (Å²) in [6.07, 6.45) is 0. The molecule has 180 valence electrons. The van der Waals surface area contributed by atoms with Crippen LogP contribution in [-0.2, 0) is 10.0 Å². The smallest absolute Gasteiger partial charge is 0.276 e. The van der Waals surface area contributed by atoms with Gasteiger partial charge in [0, 0.05) is 11.1 Å². The number of aryl methyl sites for hydroxylation is 3. The van der Waals surface area contributed by atoms with E-state index in [0.29, 0.717) is 22.4 Å². The van der Waals surface area contributed by atoms with Gasteiger partial charge in [0.25, 0.3) is 15.9 Å². The van der Waals surface area contributed by atoms with Crippen LogP contribution < -0.4 is 20.4 Å². The molecule has 0 unspecified atom stereocenters. The van der Waals surface area contributed by atoms with Crippen LogP contribution in [0.2, 0.25) is 0 Å². The number of hydrogen-bond acceptors (Lipinski definition) is 6. The van der Waals surface area contributed by atoms with E-state index in [0.717, 1.165) is 16.7 Å². The van der Waals surface area contributed by atoms with Crippen LogP contribution in [0.5, 0.6) is 5.75 Å². The normalized spacial score (nSPS) is 11.9. The molecule has 0 aliphatic heterocycles. The largest absolute Gasteiger partial charge is 0.493 e. The standard InChI is InChI=1S/C26H25N3O5S/c1-16-8-12-21(13-9-16)35(31,32)29-28-26-22(15-19-6-5-7-23(33-4)24(19)34-26)25(30)27-20-11-10-17(2)18(3)14-20/h5-15,29H,1-4H3,(H,27,30)/b28-26+. The third-order valence-electron chi connectivity index (χ3n) is 5.57. The Labute approximate surface area is 203 Å². The van der Waals surface area contributed by atoms with Crippen LogP contribution in [0.3, 0.4) is 0 Å². The van der Waals surface area contributed by atoms with Gasteiger partial charge in [-0.1, -0.05) is 35.9 Å². The molecule has 0 aliphatic rings. The Morgan fingerprint density at radius 3 is 2.37 bits per heavy atom. The number of carbonyl (C=O) groups is 1. The van der Waals surface area contributed by atoms with Crippen molar-refractivity contribution in [2.75, 3.05) is 12.4 Å². The van der Waals surface area contributed by atoms with Crippen LogP contribution in [-0.4, -0.2) is 21.4 Å². The van der Waals surface area contributed by atoms with Gasteiger partial charge in [-0.05, 0) is 68.3 Å². The summed E-state index contributed by atoms with van der Waals surface area (Å²) in [6.45, 7) is 5.78. The first kappa shape index (κ1) is 24.0. The topological polar surface area (TPSA) is 110 Å². The summed E-state index contributed by atoms with van der Waals surface area (Å²) < 4.78 is 36.8. The number of methoxy groups -OCH3 is 1. The van der Waals surface area contributed by atoms with Gasteiger partial charge in [-0.3, -0.25) is 4.79 Å². The number of benzene rings is 3. The lowest BCUT2D eigenvalue weighted by molar-refractivity contribution is 0.102. The van der Waals surface area contributed by atoms with Gasteiger partial charge in [0.05, 0.1) is 12.0 Å². The molecule has 0 spiro atoms. The zero-order chi connectivity index (χ0) is 25.2. The number of sulfonamides is 1. The van der Waals surface area contributed by atoms with Crippen LogP contribution in [0.4, 0.5) is 5.69 Å². The number of anilines is 1. The summed E-state index contributed by atoms with van der Waals surface area (Å²) in [4.78, 5) is 15.4. The monoisotopic (exact) mass is 491 g/mol. The van der Waals surface area contributed by atoms with E-state index in [9.17, 15) is 13.2 Å². The zero-order valence-electron chi connectivity index (χ0n) is 19.7. The van der Waals surface area contributed by atoms with Crippen LogP contribution in [0, 0.1) is 20.8 Å². The first-order valence-corrected chi connectivity index (χ1v) is 12.3. The SMILES string of the molecule is COc1cccc2cc(C(=O)Nc3ccc(C)c(C)c3)/c(=N\NS(=O)(=O)c3ccc(C)cc3)oc12. The highest BCUT2D eigenvalue weighted by molar-refractivity contribution is 7.89. The molecule has 1 amide bonds. The average Bonchev–Trinajstić information content (AvgIpc) is 2.84. The molecule has 3 aromatic carbocycles. The van der Waals surface area contributed by atoms with E-state index in [1.54, 1.807) is 42.5 Å². The number of para-hydroxylation sites is 1. The molecule has 0 bridgehead atoms. The Balaban J connectivity index is 1.80. The number of hydrogen-bond donors (Lipinski definition) is 2. The van der Waals surface area contributed by atoms with Crippen LogP contribution >= 0.6 is 0 Å². The van der Waals surface area contributed by atoms with E-state index >= 15 is 0 Å². The predicted molar refractivity (Wildman–Crippen MR) is 134 cm³/mol. The third-order valence-corrected chi connectivity index (χ3v) is 6.79. The van der Waals surface area contributed by atoms with Crippen molar-refractivity contribution < 1.29 is 22.4 Å². The maximum absolute atomic E-state index is 13.2. The highest BCUT2D eigenvalue weighted by Crippen LogP contribution is 2.25. The van der Waals surface area contributed by atoms with Crippen molar-refractivity contribution in [1.29, 1.82) is 0 Å². The second-order valence-electron chi connectivity index (χ2n) is 8.12. The van der Waals surface area contributed by atoms with Crippen LogP contribution in [0.15, 0.2) is 81.1 Å². The molecule has 8 nitrogen and oxygen atoms in total. The molecule has 2 N–H and O–H groups in total. The number of carbonyl (C=O) groups excluding carboxylic acids is 1. The zero-order valence-corrected chi connectivity index (χ0v) is 20.6. The van der Waals surface area contributed by atoms with Crippen LogP contribution in [0.1, 0.15) is 27.0 Å². The maximum Gasteiger partial charge on any atom is 0.276 e. The highest BCUT2D eigenvalue weighted by Gasteiger charge is 2.17. The molecule has 1 aromatic heterocycles. The number of nitrogens with one attached hydrogen (secondary N) is 2. The van der Waals surface area contributed by atoms with Gasteiger partial charge >= 0.3 is 0 Å². The fraction of sp³-hybridized carbons (Fsp3) is 0.154. The van der Waals surface area contributed by atoms with Crippen molar-refractivity contribution in [3.8, 4) is 5.75 Å². The lowest BCUT2D eigenvalue weighted by Crippen LogP contribution is -2.27. The number of fused-ring (bicyclic) bond motifs is 1. The Morgan fingerprint density at radius 1 is 0.943 bits per heavy atom. The predicted octanol–water partition coefficient (Wildman–Crippen LogP) is 4.41. The molecular formula is C26H25N3O5S. The summed E-state index contributed by atoms with van der Waals surface area (Å²) in [5.41, 5.74) is 3.79. The molecular weight excluding hydrogens is 466 g/mol. The molecule has 4 rings (SSSR count). The van der Waals surface area contributed by atoms with Crippen molar-refractivity contribution in [3.05, 3.63) is 94.5 Å². The molecule has 0 fully saturated rings. The van der Waals surface area contributed by atoms with Gasteiger partial charge in [-0.25, -0.2) is 0 Å². The van der Waals surface area contributed by atoms with Gasteiger partial charge in [-0.2, -0.15) is 13.2 Å². The van der Waals surface area contributed by atoms with Crippen molar-refractivity contribution in [1.82, 2.24) is 4.83 Å². The van der Waals surface area contributed by atoms with Gasteiger partial charge in [0.1, 0.15) is 5.56 Å². The molecule has 0 saturated carbocycles. The quantitative estimate of drug-likeness (QED) is 0.388. The van der Waals surface area contributed by atoms with Crippen molar-refractivity contribution in [2.24, 2.45) is 5.10 Å². The minimum atomic E-state index is -4.00. The second kappa shape index (κ2) is 9.63. The number of amides is 1. The molecule has 0 atom stereocenters. The summed E-state index contributed by atoms with van der Waals surface area (Å²) in [5, 5.41) is 7.40. The Bertz CT molecular complexity index is 1590. The third kappa shape index (κ3) is 5.20. The maximum atomic E-state index is 13.2. The van der Waals surface area contributed by atoms with E-state index in [-0.39, 0.29) is 16.0 Å². The molecule has 35 heavy (non-hydrogen) atoms. The van der Waals surface area contributed by atoms with Crippen molar-refractivity contribution >= 4 is 32.6 Å². The number of rotatable bonds is 6. The Kier molecular flexibility index (Phi) is 6.61. The highest BCUT2D eigenvalue weighted by atomic mass is 32.2. The summed E-state index contributed by atoms with van der Waals surface area (Å²) >= 11 is 0. The summed E-state index contributed by atoms with van der Waals surface area (Å²) in [5.74, 6) is -0.0866.